The highest BCUT2D eigenvalue weighted by molar-refractivity contribution is 7.15. The number of aromatic nitrogens is 1. The average Bonchev–Trinajstić information content (AvgIpc) is 2.81. The molecule has 4 N–H and O–H groups in total. The quantitative estimate of drug-likeness (QED) is 0.785. The molecule has 2 atom stereocenters. The number of nitrogens with one attached hydrogen (secondary N) is 2. The Morgan fingerprint density at radius 2 is 2.45 bits per heavy atom. The summed E-state index contributed by atoms with van der Waals surface area (Å²) in [7, 11) is 0. The predicted molar refractivity (Wildman–Crippen MR) is 81.8 cm³/mol. The normalized spacial score (nSPS) is 23.6. The van der Waals surface area contributed by atoms with Crippen molar-refractivity contribution >= 4 is 22.5 Å². The first-order valence-electron chi connectivity index (χ1n) is 7.06. The molecule has 20 heavy (non-hydrogen) atoms. The van der Waals surface area contributed by atoms with Crippen LogP contribution in [0.25, 0.3) is 0 Å². The minimum Gasteiger partial charge on any atom is -0.338 e. The van der Waals surface area contributed by atoms with E-state index in [0.29, 0.717) is 23.6 Å². The highest BCUT2D eigenvalue weighted by Gasteiger charge is 2.23. The average molecular weight is 297 g/mol. The van der Waals surface area contributed by atoms with Gasteiger partial charge in [-0.15, -0.1) is 11.3 Å². The molecule has 1 aromatic rings. The van der Waals surface area contributed by atoms with Crippen molar-refractivity contribution in [1.82, 2.24) is 15.2 Å². The molecule has 112 valence electrons. The van der Waals surface area contributed by atoms with Gasteiger partial charge in [-0.2, -0.15) is 0 Å². The van der Waals surface area contributed by atoms with Gasteiger partial charge in [0.05, 0.1) is 0 Å². The Balaban J connectivity index is 1.85. The Bertz CT molecular complexity index is 450. The van der Waals surface area contributed by atoms with E-state index in [1.807, 2.05) is 13.1 Å². The van der Waals surface area contributed by atoms with Crippen LogP contribution in [0, 0.1) is 5.92 Å². The van der Waals surface area contributed by atoms with Crippen molar-refractivity contribution in [3.63, 3.8) is 0 Å². The number of likely N-dealkylation sites (tertiary alicyclic amines) is 1. The first-order chi connectivity index (χ1) is 9.58. The molecule has 0 saturated carbocycles. The molecule has 1 aromatic heterocycles. The molecule has 0 spiro atoms. The Hall–Kier alpha value is -1.18. The number of nitrogens with two attached hydrogens (primary N) is 1. The van der Waals surface area contributed by atoms with Gasteiger partial charge < -0.3 is 11.1 Å². The number of amides is 2. The Morgan fingerprint density at radius 1 is 1.65 bits per heavy atom. The lowest BCUT2D eigenvalue weighted by Crippen LogP contribution is -2.45. The zero-order chi connectivity index (χ0) is 14.5. The lowest BCUT2D eigenvalue weighted by molar-refractivity contribution is 0.159. The number of piperidine rings is 1. The van der Waals surface area contributed by atoms with Crippen LogP contribution in [0.4, 0.5) is 9.93 Å². The Morgan fingerprint density at radius 3 is 3.15 bits per heavy atom. The van der Waals surface area contributed by atoms with Crippen molar-refractivity contribution in [2.24, 2.45) is 11.7 Å². The predicted octanol–water partition coefficient (Wildman–Crippen LogP) is 1.45. The third-order valence-corrected chi connectivity index (χ3v) is 4.44. The first kappa shape index (κ1) is 15.2. The monoisotopic (exact) mass is 297 g/mol. The number of thiazole rings is 1. The van der Waals surface area contributed by atoms with E-state index in [0.717, 1.165) is 26.1 Å². The summed E-state index contributed by atoms with van der Waals surface area (Å²) < 4.78 is 0. The van der Waals surface area contributed by atoms with Crippen molar-refractivity contribution in [2.75, 3.05) is 25.0 Å². The summed E-state index contributed by atoms with van der Waals surface area (Å²) in [6.07, 6.45) is 2.88. The second-order valence-electron chi connectivity index (χ2n) is 5.28. The minimum atomic E-state index is -0.203. The molecular formula is C13H23N5OS. The van der Waals surface area contributed by atoms with Gasteiger partial charge in [0.25, 0.3) is 0 Å². The van der Waals surface area contributed by atoms with Gasteiger partial charge in [0.2, 0.25) is 0 Å². The number of urea groups is 1. The summed E-state index contributed by atoms with van der Waals surface area (Å²) in [5, 5.41) is 6.07. The van der Waals surface area contributed by atoms with Crippen molar-refractivity contribution in [3.8, 4) is 0 Å². The highest BCUT2D eigenvalue weighted by Crippen LogP contribution is 2.22. The maximum Gasteiger partial charge on any atom is 0.321 e. The van der Waals surface area contributed by atoms with Gasteiger partial charge in [0, 0.05) is 43.3 Å². The number of carbonyl (C=O) groups excluding carboxylic acids is 1. The van der Waals surface area contributed by atoms with E-state index in [1.165, 1.54) is 16.2 Å². The van der Waals surface area contributed by atoms with Crippen LogP contribution < -0.4 is 16.4 Å². The molecule has 7 heteroatoms. The number of hydrogen-bond donors (Lipinski definition) is 3. The number of rotatable bonds is 4. The molecule has 1 fully saturated rings. The molecule has 2 rings (SSSR count). The van der Waals surface area contributed by atoms with Gasteiger partial charge in [-0.25, -0.2) is 9.78 Å². The first-order valence-corrected chi connectivity index (χ1v) is 7.87. The molecule has 0 aromatic carbocycles. The summed E-state index contributed by atoms with van der Waals surface area (Å²) in [4.78, 5) is 19.2. The molecule has 0 aliphatic carbocycles. The van der Waals surface area contributed by atoms with E-state index < -0.39 is 0 Å². The van der Waals surface area contributed by atoms with E-state index in [2.05, 4.69) is 27.4 Å². The smallest absolute Gasteiger partial charge is 0.321 e. The number of carbonyl (C=O) groups is 1. The van der Waals surface area contributed by atoms with Gasteiger partial charge in [-0.1, -0.05) is 6.92 Å². The van der Waals surface area contributed by atoms with Gasteiger partial charge in [0.15, 0.2) is 5.13 Å². The van der Waals surface area contributed by atoms with Crippen molar-refractivity contribution in [2.45, 2.75) is 32.9 Å². The lowest BCUT2D eigenvalue weighted by atomic mass is 9.95. The largest absolute Gasteiger partial charge is 0.338 e. The molecule has 2 unspecified atom stereocenters. The Kier molecular flexibility index (Phi) is 5.33. The second-order valence-corrected chi connectivity index (χ2v) is 6.40. The van der Waals surface area contributed by atoms with E-state index >= 15 is 0 Å². The molecule has 1 aliphatic rings. The third-order valence-electron chi connectivity index (χ3n) is 3.55. The van der Waals surface area contributed by atoms with Crippen LogP contribution in [-0.4, -0.2) is 41.6 Å². The Labute approximate surface area is 123 Å². The SMILES string of the molecule is CCNC(=O)Nc1ncc(CN2CCC(N)C(C)C2)s1. The maximum atomic E-state index is 11.4. The second kappa shape index (κ2) is 7.01. The highest BCUT2D eigenvalue weighted by atomic mass is 32.1. The maximum absolute atomic E-state index is 11.4. The van der Waals surface area contributed by atoms with Crippen LogP contribution in [0.3, 0.4) is 0 Å². The summed E-state index contributed by atoms with van der Waals surface area (Å²) >= 11 is 1.53. The number of anilines is 1. The minimum absolute atomic E-state index is 0.203. The number of nitrogens with zero attached hydrogens (tertiary/aromatic N) is 2. The zero-order valence-corrected chi connectivity index (χ0v) is 12.9. The molecule has 2 amide bonds. The van der Waals surface area contributed by atoms with E-state index in [-0.39, 0.29) is 6.03 Å². The van der Waals surface area contributed by atoms with Crippen LogP contribution in [0.2, 0.25) is 0 Å². The molecule has 6 nitrogen and oxygen atoms in total. The summed E-state index contributed by atoms with van der Waals surface area (Å²) in [6, 6.07) is 0.119. The van der Waals surface area contributed by atoms with Crippen molar-refractivity contribution in [1.29, 1.82) is 0 Å². The fourth-order valence-corrected chi connectivity index (χ4v) is 3.20. The van der Waals surface area contributed by atoms with Gasteiger partial charge in [0.1, 0.15) is 0 Å². The fraction of sp³-hybridized carbons (Fsp3) is 0.692. The van der Waals surface area contributed by atoms with Crippen LogP contribution in [-0.2, 0) is 6.54 Å². The molecule has 0 radical (unpaired) electrons. The summed E-state index contributed by atoms with van der Waals surface area (Å²) in [5.74, 6) is 0.532. The van der Waals surface area contributed by atoms with Crippen molar-refractivity contribution < 1.29 is 4.79 Å². The molecule has 2 heterocycles. The van der Waals surface area contributed by atoms with E-state index in [1.54, 1.807) is 0 Å². The van der Waals surface area contributed by atoms with Gasteiger partial charge >= 0.3 is 6.03 Å². The summed E-state index contributed by atoms with van der Waals surface area (Å²) in [6.45, 7) is 7.63. The van der Waals surface area contributed by atoms with Crippen LogP contribution in [0.5, 0.6) is 0 Å². The van der Waals surface area contributed by atoms with E-state index in [4.69, 9.17) is 5.73 Å². The van der Waals surface area contributed by atoms with Gasteiger partial charge in [-0.05, 0) is 19.3 Å². The van der Waals surface area contributed by atoms with Crippen molar-refractivity contribution in [3.05, 3.63) is 11.1 Å². The van der Waals surface area contributed by atoms with E-state index in [9.17, 15) is 4.79 Å². The zero-order valence-electron chi connectivity index (χ0n) is 12.1. The fourth-order valence-electron chi connectivity index (χ4n) is 2.35. The van der Waals surface area contributed by atoms with Crippen LogP contribution in [0.15, 0.2) is 6.20 Å². The van der Waals surface area contributed by atoms with Gasteiger partial charge in [-0.3, -0.25) is 10.2 Å². The lowest BCUT2D eigenvalue weighted by Gasteiger charge is -2.34. The standard InChI is InChI=1S/C13H23N5OS/c1-3-15-12(19)17-13-16-6-10(20-13)8-18-5-4-11(14)9(2)7-18/h6,9,11H,3-5,7-8,14H2,1-2H3,(H2,15,16,17,19). The van der Waals surface area contributed by atoms with Crippen LogP contribution in [0.1, 0.15) is 25.1 Å². The third kappa shape index (κ3) is 4.16. The molecule has 1 aliphatic heterocycles. The molecular weight excluding hydrogens is 274 g/mol. The topological polar surface area (TPSA) is 83.3 Å². The number of hydrogen-bond acceptors (Lipinski definition) is 5. The summed E-state index contributed by atoms with van der Waals surface area (Å²) in [5.41, 5.74) is 6.03. The van der Waals surface area contributed by atoms with Crippen LogP contribution >= 0.6 is 11.3 Å². The molecule has 0 bridgehead atoms. The molecule has 1 saturated heterocycles.